The van der Waals surface area contributed by atoms with Crippen molar-refractivity contribution in [2.75, 3.05) is 0 Å². The maximum absolute atomic E-state index is 5.27. The van der Waals surface area contributed by atoms with E-state index in [2.05, 4.69) is 152 Å². The molecule has 0 radical (unpaired) electrons. The van der Waals surface area contributed by atoms with Crippen molar-refractivity contribution in [3.8, 4) is 22.5 Å². The Hall–Kier alpha value is -6.16. The van der Waals surface area contributed by atoms with E-state index in [9.17, 15) is 0 Å². The van der Waals surface area contributed by atoms with Crippen LogP contribution in [0.2, 0.25) is 0 Å². The van der Waals surface area contributed by atoms with Crippen LogP contribution in [0.5, 0.6) is 0 Å². The van der Waals surface area contributed by atoms with Gasteiger partial charge in [0.25, 0.3) is 0 Å². The van der Waals surface area contributed by atoms with E-state index >= 15 is 0 Å². The Morgan fingerprint density at radius 1 is 0.327 bits per heavy atom. The molecule has 0 N–H and O–H groups in total. The summed E-state index contributed by atoms with van der Waals surface area (Å²) in [5.74, 6) is 0. The first-order chi connectivity index (χ1) is 24.3. The molecule has 0 saturated heterocycles. The summed E-state index contributed by atoms with van der Waals surface area (Å²) in [6.07, 6.45) is 0. The third-order valence-corrected chi connectivity index (χ3v) is 11.3. The molecule has 0 saturated carbocycles. The van der Waals surface area contributed by atoms with E-state index in [1.54, 1.807) is 0 Å². The molecule has 0 amide bonds. The fourth-order valence-electron chi connectivity index (χ4n) is 7.85. The third-order valence-electron chi connectivity index (χ3n) is 10.2. The van der Waals surface area contributed by atoms with Gasteiger partial charge in [-0.25, -0.2) is 9.97 Å². The Morgan fingerprint density at radius 3 is 1.71 bits per heavy atom. The zero-order valence-corrected chi connectivity index (χ0v) is 27.1. The van der Waals surface area contributed by atoms with Crippen LogP contribution in [0.15, 0.2) is 158 Å². The lowest BCUT2D eigenvalue weighted by Crippen LogP contribution is -1.91. The number of benzene rings is 8. The number of nitrogens with zero attached hydrogens (tertiary/aromatic N) is 2. The Balaban J connectivity index is 1.14. The zero-order valence-electron chi connectivity index (χ0n) is 26.3. The number of fused-ring (bicyclic) bond motifs is 14. The first-order valence-corrected chi connectivity index (χ1v) is 17.5. The predicted octanol–water partition coefficient (Wildman–Crippen LogP) is 13.1. The maximum atomic E-state index is 5.27. The molecule has 0 bridgehead atoms. The Kier molecular flexibility index (Phi) is 5.57. The summed E-state index contributed by atoms with van der Waals surface area (Å²) < 4.78 is 2.59. The number of pyridine rings is 2. The fraction of sp³-hybridized carbons (Fsp3) is 0. The SMILES string of the molecule is c1ccc(-c2ccc3ccc4ccc(-c5ccc6sc7cc8c(cc7c6c5)c5ccccc5c5ccc6ccccc6c58)nc4c3n2)cc1. The fourth-order valence-corrected chi connectivity index (χ4v) is 8.96. The van der Waals surface area contributed by atoms with Gasteiger partial charge in [-0.1, -0.05) is 121 Å². The van der Waals surface area contributed by atoms with E-state index in [1.165, 1.54) is 63.3 Å². The molecule has 11 aromatic rings. The van der Waals surface area contributed by atoms with Gasteiger partial charge >= 0.3 is 0 Å². The van der Waals surface area contributed by atoms with Crippen molar-refractivity contribution in [1.82, 2.24) is 9.97 Å². The average Bonchev–Trinajstić information content (AvgIpc) is 3.53. The van der Waals surface area contributed by atoms with E-state index < -0.39 is 0 Å². The highest BCUT2D eigenvalue weighted by atomic mass is 32.1. The molecule has 49 heavy (non-hydrogen) atoms. The Bertz CT molecular complexity index is 3160. The molecule has 226 valence electrons. The van der Waals surface area contributed by atoms with Crippen LogP contribution in [-0.4, -0.2) is 9.97 Å². The minimum Gasteiger partial charge on any atom is -0.245 e. The van der Waals surface area contributed by atoms with E-state index in [1.807, 2.05) is 17.4 Å². The van der Waals surface area contributed by atoms with Crippen LogP contribution in [0.3, 0.4) is 0 Å². The second-order valence-corrected chi connectivity index (χ2v) is 14.0. The summed E-state index contributed by atoms with van der Waals surface area (Å²) in [6, 6.07) is 57.1. The van der Waals surface area contributed by atoms with Crippen molar-refractivity contribution >= 4 is 96.4 Å². The highest BCUT2D eigenvalue weighted by molar-refractivity contribution is 7.25. The molecular weight excluding hydrogens is 613 g/mol. The van der Waals surface area contributed by atoms with E-state index in [0.717, 1.165) is 44.3 Å². The summed E-state index contributed by atoms with van der Waals surface area (Å²) in [7, 11) is 0. The molecule has 3 heteroatoms. The number of hydrogen-bond acceptors (Lipinski definition) is 3. The van der Waals surface area contributed by atoms with Gasteiger partial charge in [-0.3, -0.25) is 0 Å². The van der Waals surface area contributed by atoms with Gasteiger partial charge in [0.1, 0.15) is 0 Å². The van der Waals surface area contributed by atoms with Crippen molar-refractivity contribution in [1.29, 1.82) is 0 Å². The van der Waals surface area contributed by atoms with Crippen LogP contribution in [0, 0.1) is 0 Å². The van der Waals surface area contributed by atoms with Crippen molar-refractivity contribution < 1.29 is 0 Å². The molecule has 3 heterocycles. The van der Waals surface area contributed by atoms with Crippen molar-refractivity contribution in [3.63, 3.8) is 0 Å². The summed E-state index contributed by atoms with van der Waals surface area (Å²) in [5.41, 5.74) is 5.99. The summed E-state index contributed by atoms with van der Waals surface area (Å²) in [5, 5.41) is 15.2. The zero-order chi connectivity index (χ0) is 32.1. The van der Waals surface area contributed by atoms with Crippen LogP contribution in [0.1, 0.15) is 0 Å². The number of thiophene rings is 1. The monoisotopic (exact) mass is 638 g/mol. The van der Waals surface area contributed by atoms with Gasteiger partial charge in [0, 0.05) is 42.1 Å². The second-order valence-electron chi connectivity index (χ2n) is 12.9. The van der Waals surface area contributed by atoms with Crippen molar-refractivity contribution in [3.05, 3.63) is 158 Å². The molecule has 11 rings (SSSR count). The van der Waals surface area contributed by atoms with Gasteiger partial charge in [-0.05, 0) is 79.5 Å². The van der Waals surface area contributed by atoms with Gasteiger partial charge < -0.3 is 0 Å². The smallest absolute Gasteiger partial charge is 0.0972 e. The minimum absolute atomic E-state index is 0.930. The molecule has 0 aliphatic rings. The van der Waals surface area contributed by atoms with Gasteiger partial charge in [-0.15, -0.1) is 11.3 Å². The standard InChI is InChI=1S/C46H26N2S/c1-2-9-28(10-3-1)40-21-17-29-14-15-30-18-22-41(48-46(30)45(29)47-40)31-19-23-42-37(24-31)38-25-36-34-13-7-6-12-33(34)35-20-16-27-8-4-5-11-32(27)44(35)39(36)26-43(38)49-42/h1-26H. The molecule has 0 atom stereocenters. The van der Waals surface area contributed by atoms with Gasteiger partial charge in [-0.2, -0.15) is 0 Å². The topological polar surface area (TPSA) is 25.8 Å². The summed E-state index contributed by atoms with van der Waals surface area (Å²) >= 11 is 1.87. The van der Waals surface area contributed by atoms with E-state index in [0.29, 0.717) is 0 Å². The van der Waals surface area contributed by atoms with Crippen molar-refractivity contribution in [2.45, 2.75) is 0 Å². The lowest BCUT2D eigenvalue weighted by molar-refractivity contribution is 1.37. The second kappa shape index (κ2) is 10.2. The first-order valence-electron chi connectivity index (χ1n) is 16.7. The Morgan fingerprint density at radius 2 is 0.939 bits per heavy atom. The molecule has 2 nitrogen and oxygen atoms in total. The number of hydrogen-bond donors (Lipinski definition) is 0. The minimum atomic E-state index is 0.930. The molecule has 8 aromatic carbocycles. The Labute approximate surface area is 285 Å². The first kappa shape index (κ1) is 26.9. The van der Waals surface area contributed by atoms with Crippen LogP contribution in [-0.2, 0) is 0 Å². The molecule has 0 unspecified atom stereocenters. The lowest BCUT2D eigenvalue weighted by Gasteiger charge is -2.13. The molecule has 0 fully saturated rings. The van der Waals surface area contributed by atoms with Crippen LogP contribution >= 0.6 is 11.3 Å². The summed E-state index contributed by atoms with van der Waals surface area (Å²) in [4.78, 5) is 10.4. The molecule has 3 aromatic heterocycles. The lowest BCUT2D eigenvalue weighted by atomic mass is 9.90. The highest BCUT2D eigenvalue weighted by Gasteiger charge is 2.16. The van der Waals surface area contributed by atoms with E-state index in [-0.39, 0.29) is 0 Å². The molecule has 0 aliphatic carbocycles. The number of aromatic nitrogens is 2. The van der Waals surface area contributed by atoms with E-state index in [4.69, 9.17) is 9.97 Å². The van der Waals surface area contributed by atoms with Crippen molar-refractivity contribution in [2.24, 2.45) is 0 Å². The van der Waals surface area contributed by atoms with Crippen LogP contribution in [0.25, 0.3) is 108 Å². The maximum Gasteiger partial charge on any atom is 0.0972 e. The molecule has 0 aliphatic heterocycles. The average molecular weight is 639 g/mol. The van der Waals surface area contributed by atoms with Crippen LogP contribution in [0.4, 0.5) is 0 Å². The highest BCUT2D eigenvalue weighted by Crippen LogP contribution is 2.44. The van der Waals surface area contributed by atoms with Gasteiger partial charge in [0.2, 0.25) is 0 Å². The van der Waals surface area contributed by atoms with Crippen LogP contribution < -0.4 is 0 Å². The van der Waals surface area contributed by atoms with Gasteiger partial charge in [0.05, 0.1) is 22.4 Å². The normalized spacial score (nSPS) is 12.1. The number of rotatable bonds is 2. The molecule has 0 spiro atoms. The van der Waals surface area contributed by atoms with Gasteiger partial charge in [0.15, 0.2) is 0 Å². The largest absolute Gasteiger partial charge is 0.245 e. The summed E-state index contributed by atoms with van der Waals surface area (Å²) in [6.45, 7) is 0. The molecular formula is C46H26N2S. The predicted molar refractivity (Wildman–Crippen MR) is 211 cm³/mol. The quantitative estimate of drug-likeness (QED) is 0.176. The third kappa shape index (κ3) is 4.00.